The van der Waals surface area contributed by atoms with Gasteiger partial charge in [0.25, 0.3) is 0 Å². The summed E-state index contributed by atoms with van der Waals surface area (Å²) in [6.45, 7) is 2.41. The van der Waals surface area contributed by atoms with Crippen LogP contribution in [0, 0.1) is 0 Å². The van der Waals surface area contributed by atoms with E-state index in [9.17, 15) is 9.59 Å². The normalized spacial score (nSPS) is 13.0. The minimum absolute atomic E-state index is 0.167. The first-order valence-corrected chi connectivity index (χ1v) is 12.3. The Morgan fingerprint density at radius 1 is 0.806 bits per heavy atom. The van der Waals surface area contributed by atoms with Gasteiger partial charge in [-0.05, 0) is 89.6 Å². The van der Waals surface area contributed by atoms with Crippen molar-refractivity contribution in [1.82, 2.24) is 10.6 Å². The van der Waals surface area contributed by atoms with Crippen LogP contribution in [0.4, 0.5) is 0 Å². The molecule has 1 heterocycles. The first kappa shape index (κ1) is 27.5. The summed E-state index contributed by atoms with van der Waals surface area (Å²) in [6, 6.07) is 3.06. The van der Waals surface area contributed by atoms with Crippen LogP contribution in [-0.2, 0) is 22.4 Å². The highest BCUT2D eigenvalue weighted by atomic mass is 32.1. The number of amides is 2. The Bertz CT molecular complexity index is 625. The number of hydrogen-bond donors (Lipinski definition) is 6. The average Bonchev–Trinajstić information content (AvgIpc) is 3.20. The lowest BCUT2D eigenvalue weighted by Gasteiger charge is -2.20. The standard InChI is InChI=1S/C22H42N6O2S/c23-13-4-1-7-17-10-11-18(31-17)12-16-27-22(30)20(9-3-6-15-25)28-21(29)19(26)8-2-5-14-24/h10-11,19-20H,1-9,12-16,23-26H2,(H,27,30)(H,28,29)/t19-,20+/m0/s1. The molecule has 0 radical (unpaired) electrons. The molecular weight excluding hydrogens is 412 g/mol. The summed E-state index contributed by atoms with van der Waals surface area (Å²) in [5.41, 5.74) is 22.6. The summed E-state index contributed by atoms with van der Waals surface area (Å²) >= 11 is 1.78. The molecule has 8 nitrogen and oxygen atoms in total. The number of unbranched alkanes of at least 4 members (excludes halogenated alkanes) is 3. The van der Waals surface area contributed by atoms with E-state index in [4.69, 9.17) is 22.9 Å². The van der Waals surface area contributed by atoms with Gasteiger partial charge in [-0.15, -0.1) is 11.3 Å². The van der Waals surface area contributed by atoms with Crippen molar-refractivity contribution in [3.05, 3.63) is 21.9 Å². The molecule has 178 valence electrons. The predicted molar refractivity (Wildman–Crippen MR) is 129 cm³/mol. The van der Waals surface area contributed by atoms with Gasteiger partial charge in [0.05, 0.1) is 6.04 Å². The van der Waals surface area contributed by atoms with Crippen molar-refractivity contribution in [1.29, 1.82) is 0 Å². The molecule has 0 unspecified atom stereocenters. The molecule has 2 amide bonds. The number of carbonyl (C=O) groups is 2. The van der Waals surface area contributed by atoms with E-state index in [0.29, 0.717) is 32.5 Å². The Morgan fingerprint density at radius 2 is 1.39 bits per heavy atom. The predicted octanol–water partition coefficient (Wildman–Crippen LogP) is 0.758. The molecule has 1 aromatic rings. The maximum absolute atomic E-state index is 12.7. The van der Waals surface area contributed by atoms with E-state index in [-0.39, 0.29) is 11.8 Å². The van der Waals surface area contributed by atoms with Crippen LogP contribution in [0.2, 0.25) is 0 Å². The second-order valence-electron chi connectivity index (χ2n) is 7.89. The Balaban J connectivity index is 2.48. The van der Waals surface area contributed by atoms with Gasteiger partial charge in [-0.25, -0.2) is 0 Å². The first-order chi connectivity index (χ1) is 15.0. The Hall–Kier alpha value is -1.52. The van der Waals surface area contributed by atoms with Crippen LogP contribution in [0.1, 0.15) is 61.1 Å². The molecule has 9 heteroatoms. The van der Waals surface area contributed by atoms with Crippen LogP contribution < -0.4 is 33.6 Å². The lowest BCUT2D eigenvalue weighted by Crippen LogP contribution is -2.51. The molecule has 0 aliphatic rings. The summed E-state index contributed by atoms with van der Waals surface area (Å²) in [5.74, 6) is -0.454. The maximum atomic E-state index is 12.7. The van der Waals surface area contributed by atoms with Crippen LogP contribution in [0.5, 0.6) is 0 Å². The van der Waals surface area contributed by atoms with Crippen molar-refractivity contribution in [2.45, 2.75) is 76.3 Å². The third-order valence-corrected chi connectivity index (χ3v) is 6.36. The van der Waals surface area contributed by atoms with Gasteiger partial charge in [-0.1, -0.05) is 6.42 Å². The topological polar surface area (TPSA) is 162 Å². The number of hydrogen-bond acceptors (Lipinski definition) is 7. The molecule has 0 bridgehead atoms. The SMILES string of the molecule is NCCCCc1ccc(CCNC(=O)[C@@H](CCCCN)NC(=O)[C@@H](N)CCCCN)s1. The number of aryl methyl sites for hydroxylation is 1. The van der Waals surface area contributed by atoms with E-state index >= 15 is 0 Å². The van der Waals surface area contributed by atoms with E-state index in [0.717, 1.165) is 57.9 Å². The van der Waals surface area contributed by atoms with Crippen molar-refractivity contribution in [2.75, 3.05) is 26.2 Å². The third kappa shape index (κ3) is 12.2. The zero-order chi connectivity index (χ0) is 22.9. The molecule has 0 saturated heterocycles. The van der Waals surface area contributed by atoms with Crippen molar-refractivity contribution in [2.24, 2.45) is 22.9 Å². The van der Waals surface area contributed by atoms with Crippen molar-refractivity contribution >= 4 is 23.2 Å². The molecule has 1 aromatic heterocycles. The van der Waals surface area contributed by atoms with E-state index in [1.165, 1.54) is 9.75 Å². The van der Waals surface area contributed by atoms with Crippen LogP contribution in [-0.4, -0.2) is 50.1 Å². The molecule has 0 aliphatic heterocycles. The van der Waals surface area contributed by atoms with Crippen molar-refractivity contribution in [3.63, 3.8) is 0 Å². The van der Waals surface area contributed by atoms with Gasteiger partial charge in [0.2, 0.25) is 11.8 Å². The van der Waals surface area contributed by atoms with Gasteiger partial charge in [-0.2, -0.15) is 0 Å². The smallest absolute Gasteiger partial charge is 0.242 e. The molecule has 0 spiro atoms. The van der Waals surface area contributed by atoms with Gasteiger partial charge < -0.3 is 33.6 Å². The number of nitrogens with two attached hydrogens (primary N) is 4. The fraction of sp³-hybridized carbons (Fsp3) is 0.727. The van der Waals surface area contributed by atoms with E-state index in [2.05, 4.69) is 22.8 Å². The lowest BCUT2D eigenvalue weighted by atomic mass is 10.1. The number of thiophene rings is 1. The summed E-state index contributed by atoms with van der Waals surface area (Å²) in [5, 5.41) is 5.79. The fourth-order valence-corrected chi connectivity index (χ4v) is 4.31. The highest BCUT2D eigenvalue weighted by Crippen LogP contribution is 2.18. The van der Waals surface area contributed by atoms with Gasteiger partial charge in [-0.3, -0.25) is 9.59 Å². The summed E-state index contributed by atoms with van der Waals surface area (Å²) in [7, 11) is 0. The van der Waals surface area contributed by atoms with Crippen LogP contribution in [0.3, 0.4) is 0 Å². The molecule has 1 rings (SSSR count). The maximum Gasteiger partial charge on any atom is 0.242 e. The Morgan fingerprint density at radius 3 is 2.03 bits per heavy atom. The average molecular weight is 455 g/mol. The second-order valence-corrected chi connectivity index (χ2v) is 9.14. The number of nitrogens with one attached hydrogen (secondary N) is 2. The van der Waals surface area contributed by atoms with Crippen LogP contribution >= 0.6 is 11.3 Å². The van der Waals surface area contributed by atoms with Crippen molar-refractivity contribution in [3.8, 4) is 0 Å². The highest BCUT2D eigenvalue weighted by molar-refractivity contribution is 7.11. The molecule has 0 aromatic carbocycles. The largest absolute Gasteiger partial charge is 0.354 e. The molecule has 10 N–H and O–H groups in total. The first-order valence-electron chi connectivity index (χ1n) is 11.5. The quantitative estimate of drug-likeness (QED) is 0.179. The van der Waals surface area contributed by atoms with E-state index < -0.39 is 12.1 Å². The van der Waals surface area contributed by atoms with Crippen LogP contribution in [0.15, 0.2) is 12.1 Å². The molecule has 0 saturated carbocycles. The Kier molecular flexibility index (Phi) is 15.2. The summed E-state index contributed by atoms with van der Waals surface area (Å²) < 4.78 is 0. The van der Waals surface area contributed by atoms with Gasteiger partial charge >= 0.3 is 0 Å². The van der Waals surface area contributed by atoms with Gasteiger partial charge in [0.1, 0.15) is 6.04 Å². The summed E-state index contributed by atoms with van der Waals surface area (Å²) in [4.78, 5) is 27.7. The molecule has 2 atom stereocenters. The zero-order valence-corrected chi connectivity index (χ0v) is 19.6. The lowest BCUT2D eigenvalue weighted by molar-refractivity contribution is -0.129. The fourth-order valence-electron chi connectivity index (χ4n) is 3.25. The highest BCUT2D eigenvalue weighted by Gasteiger charge is 2.23. The molecular formula is C22H42N6O2S. The zero-order valence-electron chi connectivity index (χ0n) is 18.7. The number of carbonyl (C=O) groups excluding carboxylic acids is 2. The van der Waals surface area contributed by atoms with E-state index in [1.807, 2.05) is 0 Å². The van der Waals surface area contributed by atoms with E-state index in [1.54, 1.807) is 11.3 Å². The Labute approximate surface area is 190 Å². The minimum atomic E-state index is -0.625. The molecule has 0 aliphatic carbocycles. The molecule has 0 fully saturated rings. The second kappa shape index (κ2) is 17.1. The van der Waals surface area contributed by atoms with Crippen LogP contribution in [0.25, 0.3) is 0 Å². The van der Waals surface area contributed by atoms with Gasteiger partial charge in [0.15, 0.2) is 0 Å². The van der Waals surface area contributed by atoms with Gasteiger partial charge in [0, 0.05) is 16.3 Å². The summed E-state index contributed by atoms with van der Waals surface area (Å²) in [6.07, 6.45) is 8.29. The van der Waals surface area contributed by atoms with Crippen molar-refractivity contribution < 1.29 is 9.59 Å². The minimum Gasteiger partial charge on any atom is -0.354 e. The monoisotopic (exact) mass is 454 g/mol. The molecule has 31 heavy (non-hydrogen) atoms. The number of rotatable bonds is 18. The third-order valence-electron chi connectivity index (χ3n) is 5.15.